The molecule has 2 aromatic rings. The highest BCUT2D eigenvalue weighted by atomic mass is 15.3. The summed E-state index contributed by atoms with van der Waals surface area (Å²) in [4.78, 5) is 2.57. The number of hydrogen-bond donors (Lipinski definition) is 1. The van der Waals surface area contributed by atoms with E-state index in [0.717, 1.165) is 18.9 Å². The van der Waals surface area contributed by atoms with Crippen molar-refractivity contribution in [3.63, 3.8) is 0 Å². The van der Waals surface area contributed by atoms with Crippen LogP contribution in [0.3, 0.4) is 0 Å². The Morgan fingerprint density at radius 2 is 2.24 bits per heavy atom. The Kier molecular flexibility index (Phi) is 4.39. The minimum atomic E-state index is 0.431. The standard InChI is InChI=1S/C16H25N5/c1-13(2)21-16(6-8-18-21)12-20-9-3-4-14(11-20)10-15-5-7-17-19-15/h5-8,13-14H,3-4,9-12H2,1-2H3,(H,17,19). The smallest absolute Gasteiger partial charge is 0.0527 e. The van der Waals surface area contributed by atoms with Crippen molar-refractivity contribution in [3.8, 4) is 0 Å². The maximum atomic E-state index is 4.44. The van der Waals surface area contributed by atoms with E-state index >= 15 is 0 Å². The summed E-state index contributed by atoms with van der Waals surface area (Å²) in [6, 6.07) is 4.67. The molecule has 0 spiro atoms. The largest absolute Gasteiger partial charge is 0.297 e. The molecule has 1 N–H and O–H groups in total. The van der Waals surface area contributed by atoms with E-state index in [0.29, 0.717) is 6.04 Å². The number of nitrogens with zero attached hydrogens (tertiary/aromatic N) is 4. The highest BCUT2D eigenvalue weighted by Crippen LogP contribution is 2.22. The second-order valence-electron chi connectivity index (χ2n) is 6.39. The predicted molar refractivity (Wildman–Crippen MR) is 82.9 cm³/mol. The summed E-state index contributed by atoms with van der Waals surface area (Å²) in [5.41, 5.74) is 2.58. The molecule has 21 heavy (non-hydrogen) atoms. The van der Waals surface area contributed by atoms with Crippen LogP contribution in [-0.4, -0.2) is 38.0 Å². The third-order valence-corrected chi connectivity index (χ3v) is 4.30. The molecule has 2 aromatic heterocycles. The molecule has 1 aliphatic rings. The van der Waals surface area contributed by atoms with E-state index in [-0.39, 0.29) is 0 Å². The number of piperidine rings is 1. The van der Waals surface area contributed by atoms with E-state index in [1.165, 1.54) is 37.3 Å². The molecule has 1 unspecified atom stereocenters. The van der Waals surface area contributed by atoms with Crippen LogP contribution in [0.2, 0.25) is 0 Å². The first-order chi connectivity index (χ1) is 10.2. The lowest BCUT2D eigenvalue weighted by Gasteiger charge is -2.32. The fourth-order valence-corrected chi connectivity index (χ4v) is 3.33. The number of nitrogens with one attached hydrogen (secondary N) is 1. The van der Waals surface area contributed by atoms with Gasteiger partial charge in [0.05, 0.1) is 5.69 Å². The van der Waals surface area contributed by atoms with Gasteiger partial charge in [0.1, 0.15) is 0 Å². The van der Waals surface area contributed by atoms with Gasteiger partial charge in [0.15, 0.2) is 0 Å². The normalized spacial score (nSPS) is 20.2. The van der Waals surface area contributed by atoms with Crippen molar-refractivity contribution in [2.45, 2.75) is 45.7 Å². The van der Waals surface area contributed by atoms with Crippen LogP contribution in [0.25, 0.3) is 0 Å². The molecule has 0 amide bonds. The lowest BCUT2D eigenvalue weighted by Crippen LogP contribution is -2.36. The van der Waals surface area contributed by atoms with E-state index in [1.54, 1.807) is 0 Å². The minimum absolute atomic E-state index is 0.431. The Morgan fingerprint density at radius 3 is 3.00 bits per heavy atom. The lowest BCUT2D eigenvalue weighted by molar-refractivity contribution is 0.161. The highest BCUT2D eigenvalue weighted by molar-refractivity contribution is 5.03. The Morgan fingerprint density at radius 1 is 1.33 bits per heavy atom. The van der Waals surface area contributed by atoms with Gasteiger partial charge in [0.25, 0.3) is 0 Å². The quantitative estimate of drug-likeness (QED) is 0.919. The number of aromatic amines is 1. The summed E-state index contributed by atoms with van der Waals surface area (Å²) in [6.07, 6.45) is 7.48. The van der Waals surface area contributed by atoms with Crippen molar-refractivity contribution in [3.05, 3.63) is 35.9 Å². The second-order valence-corrected chi connectivity index (χ2v) is 6.39. The van der Waals surface area contributed by atoms with Gasteiger partial charge in [-0.05, 0) is 57.7 Å². The van der Waals surface area contributed by atoms with Crippen LogP contribution in [0, 0.1) is 5.92 Å². The molecule has 3 heterocycles. The third-order valence-electron chi connectivity index (χ3n) is 4.30. The topological polar surface area (TPSA) is 49.7 Å². The predicted octanol–water partition coefficient (Wildman–Crippen LogP) is 2.64. The van der Waals surface area contributed by atoms with Gasteiger partial charge >= 0.3 is 0 Å². The lowest BCUT2D eigenvalue weighted by atomic mass is 9.93. The van der Waals surface area contributed by atoms with E-state index in [4.69, 9.17) is 0 Å². The van der Waals surface area contributed by atoms with Gasteiger partial charge < -0.3 is 0 Å². The van der Waals surface area contributed by atoms with Crippen LogP contribution in [0.4, 0.5) is 0 Å². The summed E-state index contributed by atoms with van der Waals surface area (Å²) in [6.45, 7) is 7.75. The molecule has 0 saturated carbocycles. The van der Waals surface area contributed by atoms with Crippen LogP contribution in [0.1, 0.15) is 44.1 Å². The molecule has 0 aliphatic carbocycles. The molecular weight excluding hydrogens is 262 g/mol. The minimum Gasteiger partial charge on any atom is -0.297 e. The summed E-state index contributed by atoms with van der Waals surface area (Å²) >= 11 is 0. The second kappa shape index (κ2) is 6.43. The van der Waals surface area contributed by atoms with Crippen molar-refractivity contribution in [2.75, 3.05) is 13.1 Å². The molecule has 5 nitrogen and oxygen atoms in total. The molecule has 114 valence electrons. The van der Waals surface area contributed by atoms with Crippen molar-refractivity contribution < 1.29 is 0 Å². The van der Waals surface area contributed by atoms with Crippen LogP contribution in [0.15, 0.2) is 24.5 Å². The maximum absolute atomic E-state index is 4.44. The SMILES string of the molecule is CC(C)n1nccc1CN1CCCC(Cc2ccn[nH]2)C1. The molecular formula is C16H25N5. The van der Waals surface area contributed by atoms with E-state index in [2.05, 4.69) is 50.9 Å². The molecule has 3 rings (SSSR count). The molecule has 0 radical (unpaired) electrons. The van der Waals surface area contributed by atoms with Gasteiger partial charge in [0, 0.05) is 37.2 Å². The third kappa shape index (κ3) is 3.53. The van der Waals surface area contributed by atoms with Crippen LogP contribution in [-0.2, 0) is 13.0 Å². The van der Waals surface area contributed by atoms with Crippen molar-refractivity contribution in [1.29, 1.82) is 0 Å². The zero-order chi connectivity index (χ0) is 14.7. The average molecular weight is 287 g/mol. The number of H-pyrrole nitrogens is 1. The fraction of sp³-hybridized carbons (Fsp3) is 0.625. The Balaban J connectivity index is 1.59. The highest BCUT2D eigenvalue weighted by Gasteiger charge is 2.21. The first-order valence-corrected chi connectivity index (χ1v) is 7.95. The Bertz CT molecular complexity index is 543. The molecule has 5 heteroatoms. The molecule has 0 bridgehead atoms. The van der Waals surface area contributed by atoms with Gasteiger partial charge in [-0.3, -0.25) is 14.7 Å². The summed E-state index contributed by atoms with van der Waals surface area (Å²) in [5.74, 6) is 0.731. The molecule has 1 atom stereocenters. The van der Waals surface area contributed by atoms with Gasteiger partial charge in [-0.25, -0.2) is 0 Å². The average Bonchev–Trinajstić information content (AvgIpc) is 3.10. The van der Waals surface area contributed by atoms with Crippen molar-refractivity contribution in [1.82, 2.24) is 24.9 Å². The summed E-state index contributed by atoms with van der Waals surface area (Å²) in [7, 11) is 0. The van der Waals surface area contributed by atoms with Gasteiger partial charge in [-0.2, -0.15) is 10.2 Å². The monoisotopic (exact) mass is 287 g/mol. The summed E-state index contributed by atoms with van der Waals surface area (Å²) < 4.78 is 2.14. The Labute approximate surface area is 126 Å². The number of aromatic nitrogens is 4. The van der Waals surface area contributed by atoms with Crippen LogP contribution >= 0.6 is 0 Å². The zero-order valence-corrected chi connectivity index (χ0v) is 13.0. The van der Waals surface area contributed by atoms with Crippen molar-refractivity contribution >= 4 is 0 Å². The van der Waals surface area contributed by atoms with Gasteiger partial charge in [-0.15, -0.1) is 0 Å². The first kappa shape index (κ1) is 14.3. The molecule has 0 aromatic carbocycles. The number of rotatable bonds is 5. The zero-order valence-electron chi connectivity index (χ0n) is 13.0. The van der Waals surface area contributed by atoms with Crippen molar-refractivity contribution in [2.24, 2.45) is 5.92 Å². The summed E-state index contributed by atoms with van der Waals surface area (Å²) in [5, 5.41) is 11.6. The Hall–Kier alpha value is -1.62. The maximum Gasteiger partial charge on any atom is 0.0527 e. The van der Waals surface area contributed by atoms with E-state index in [9.17, 15) is 0 Å². The van der Waals surface area contributed by atoms with Gasteiger partial charge in [0.2, 0.25) is 0 Å². The van der Waals surface area contributed by atoms with Crippen LogP contribution < -0.4 is 0 Å². The number of hydrogen-bond acceptors (Lipinski definition) is 3. The molecule has 1 aliphatic heterocycles. The fourth-order valence-electron chi connectivity index (χ4n) is 3.33. The molecule has 1 fully saturated rings. The van der Waals surface area contributed by atoms with Crippen LogP contribution in [0.5, 0.6) is 0 Å². The molecule has 1 saturated heterocycles. The first-order valence-electron chi connectivity index (χ1n) is 7.95. The van der Waals surface area contributed by atoms with Gasteiger partial charge in [-0.1, -0.05) is 0 Å². The number of likely N-dealkylation sites (tertiary alicyclic amines) is 1. The van der Waals surface area contributed by atoms with E-state index < -0.39 is 0 Å². The van der Waals surface area contributed by atoms with E-state index in [1.807, 2.05) is 12.4 Å².